The number of thiophene rings is 1. The predicted octanol–water partition coefficient (Wildman–Crippen LogP) is 5.55. The van der Waals surface area contributed by atoms with Crippen LogP contribution in [0.5, 0.6) is 0 Å². The molecular formula is C20H14ClNO2S. The van der Waals surface area contributed by atoms with E-state index in [2.05, 4.69) is 5.32 Å². The van der Waals surface area contributed by atoms with E-state index in [1.807, 2.05) is 23.6 Å². The zero-order valence-corrected chi connectivity index (χ0v) is 14.7. The van der Waals surface area contributed by atoms with Gasteiger partial charge in [0, 0.05) is 5.69 Å². The van der Waals surface area contributed by atoms with Crippen LogP contribution < -0.4 is 5.32 Å². The van der Waals surface area contributed by atoms with E-state index in [0.717, 1.165) is 5.56 Å². The molecule has 5 heteroatoms. The lowest BCUT2D eigenvalue weighted by Gasteiger charge is -2.07. The molecule has 0 aliphatic rings. The summed E-state index contributed by atoms with van der Waals surface area (Å²) in [4.78, 5) is 25.0. The number of amides is 1. The Morgan fingerprint density at radius 3 is 2.60 bits per heavy atom. The first kappa shape index (κ1) is 17.1. The fourth-order valence-corrected chi connectivity index (χ4v) is 3.10. The van der Waals surface area contributed by atoms with E-state index in [9.17, 15) is 9.59 Å². The van der Waals surface area contributed by atoms with Crippen LogP contribution in [0.2, 0.25) is 5.02 Å². The molecule has 0 fully saturated rings. The molecule has 0 spiro atoms. The molecule has 0 unspecified atom stereocenters. The van der Waals surface area contributed by atoms with E-state index < -0.39 is 0 Å². The van der Waals surface area contributed by atoms with E-state index in [1.165, 1.54) is 17.4 Å². The van der Waals surface area contributed by atoms with Crippen molar-refractivity contribution in [1.29, 1.82) is 0 Å². The van der Waals surface area contributed by atoms with Crippen LogP contribution in [0.4, 0.5) is 5.69 Å². The van der Waals surface area contributed by atoms with Crippen LogP contribution in [0.3, 0.4) is 0 Å². The van der Waals surface area contributed by atoms with E-state index in [1.54, 1.807) is 48.5 Å². The summed E-state index contributed by atoms with van der Waals surface area (Å²) in [5, 5.41) is 5.08. The van der Waals surface area contributed by atoms with Crippen molar-refractivity contribution in [1.82, 2.24) is 0 Å². The molecule has 0 aliphatic heterocycles. The van der Waals surface area contributed by atoms with E-state index in [-0.39, 0.29) is 11.7 Å². The van der Waals surface area contributed by atoms with Crippen molar-refractivity contribution >= 4 is 46.4 Å². The van der Waals surface area contributed by atoms with Crippen LogP contribution in [0.1, 0.15) is 25.6 Å². The molecular weight excluding hydrogens is 354 g/mol. The summed E-state index contributed by atoms with van der Waals surface area (Å²) < 4.78 is 0. The lowest BCUT2D eigenvalue weighted by Crippen LogP contribution is -2.12. The predicted molar refractivity (Wildman–Crippen MR) is 104 cm³/mol. The van der Waals surface area contributed by atoms with Gasteiger partial charge in [-0.2, -0.15) is 0 Å². The van der Waals surface area contributed by atoms with Gasteiger partial charge in [-0.15, -0.1) is 11.3 Å². The molecule has 1 N–H and O–H groups in total. The Bertz CT molecular complexity index is 932. The molecule has 0 bridgehead atoms. The number of halogens is 1. The van der Waals surface area contributed by atoms with Gasteiger partial charge in [0.2, 0.25) is 0 Å². The Hall–Kier alpha value is -2.69. The quantitative estimate of drug-likeness (QED) is 0.474. The highest BCUT2D eigenvalue weighted by Gasteiger charge is 2.09. The molecule has 0 saturated carbocycles. The van der Waals surface area contributed by atoms with Crippen molar-refractivity contribution in [3.05, 3.63) is 93.1 Å². The molecule has 1 amide bonds. The van der Waals surface area contributed by atoms with Crippen LogP contribution in [0, 0.1) is 0 Å². The average molecular weight is 368 g/mol. The summed E-state index contributed by atoms with van der Waals surface area (Å²) in [6.07, 6.45) is 3.26. The van der Waals surface area contributed by atoms with Gasteiger partial charge in [0.05, 0.1) is 15.5 Å². The van der Waals surface area contributed by atoms with Crippen LogP contribution in [0.25, 0.3) is 6.08 Å². The number of allylic oxidation sites excluding steroid dienone is 1. The summed E-state index contributed by atoms with van der Waals surface area (Å²) in [6, 6.07) is 17.8. The van der Waals surface area contributed by atoms with Crippen LogP contribution in [0.15, 0.2) is 72.1 Å². The molecule has 0 saturated heterocycles. The second-order valence-electron chi connectivity index (χ2n) is 5.23. The molecule has 0 radical (unpaired) electrons. The highest BCUT2D eigenvalue weighted by atomic mass is 35.5. The first-order valence-electron chi connectivity index (χ1n) is 7.55. The first-order chi connectivity index (χ1) is 12.1. The summed E-state index contributed by atoms with van der Waals surface area (Å²) in [6.45, 7) is 0. The van der Waals surface area contributed by atoms with Gasteiger partial charge in [0.1, 0.15) is 0 Å². The van der Waals surface area contributed by atoms with Gasteiger partial charge in [-0.05, 0) is 47.4 Å². The Morgan fingerprint density at radius 1 is 1.00 bits per heavy atom. The number of ketones is 1. The number of carbonyl (C=O) groups is 2. The summed E-state index contributed by atoms with van der Waals surface area (Å²) in [7, 11) is 0. The largest absolute Gasteiger partial charge is 0.322 e. The minimum Gasteiger partial charge on any atom is -0.322 e. The summed E-state index contributed by atoms with van der Waals surface area (Å²) >= 11 is 7.45. The maximum Gasteiger partial charge on any atom is 0.257 e. The molecule has 25 heavy (non-hydrogen) atoms. The number of nitrogens with one attached hydrogen (secondary N) is 1. The second-order valence-corrected chi connectivity index (χ2v) is 6.59. The normalized spacial score (nSPS) is 10.8. The Kier molecular flexibility index (Phi) is 5.43. The van der Waals surface area contributed by atoms with Gasteiger partial charge in [0.25, 0.3) is 5.91 Å². The number of carbonyl (C=O) groups excluding carboxylic acids is 2. The zero-order chi connectivity index (χ0) is 17.6. The molecule has 1 aromatic heterocycles. The molecule has 3 rings (SSSR count). The van der Waals surface area contributed by atoms with E-state index in [0.29, 0.717) is 21.2 Å². The van der Waals surface area contributed by atoms with Crippen LogP contribution in [-0.2, 0) is 0 Å². The minimum absolute atomic E-state index is 0.0412. The van der Waals surface area contributed by atoms with Gasteiger partial charge in [-0.3, -0.25) is 9.59 Å². The highest BCUT2D eigenvalue weighted by Crippen LogP contribution is 2.18. The number of hydrogen-bond donors (Lipinski definition) is 1. The third-order valence-electron chi connectivity index (χ3n) is 3.45. The second kappa shape index (κ2) is 7.92. The number of anilines is 1. The highest BCUT2D eigenvalue weighted by molar-refractivity contribution is 7.12. The maximum atomic E-state index is 12.3. The maximum absolute atomic E-state index is 12.3. The average Bonchev–Trinajstić information content (AvgIpc) is 3.15. The Balaban J connectivity index is 1.72. The van der Waals surface area contributed by atoms with Crippen molar-refractivity contribution in [2.45, 2.75) is 0 Å². The van der Waals surface area contributed by atoms with Crippen LogP contribution >= 0.6 is 22.9 Å². The lowest BCUT2D eigenvalue weighted by molar-refractivity contribution is 0.102. The molecule has 3 aromatic rings. The van der Waals surface area contributed by atoms with Crippen molar-refractivity contribution in [2.24, 2.45) is 0 Å². The molecule has 0 aliphatic carbocycles. The molecule has 2 aromatic carbocycles. The first-order valence-corrected chi connectivity index (χ1v) is 8.81. The van der Waals surface area contributed by atoms with E-state index >= 15 is 0 Å². The zero-order valence-electron chi connectivity index (χ0n) is 13.1. The Morgan fingerprint density at radius 2 is 1.84 bits per heavy atom. The van der Waals surface area contributed by atoms with Gasteiger partial charge in [-0.25, -0.2) is 0 Å². The summed E-state index contributed by atoms with van der Waals surface area (Å²) in [5.74, 6) is -0.318. The lowest BCUT2D eigenvalue weighted by atomic mass is 10.1. The monoisotopic (exact) mass is 367 g/mol. The number of benzene rings is 2. The third-order valence-corrected chi connectivity index (χ3v) is 4.67. The van der Waals surface area contributed by atoms with Crippen molar-refractivity contribution in [3.63, 3.8) is 0 Å². The molecule has 1 heterocycles. The Labute approximate surface area is 154 Å². The van der Waals surface area contributed by atoms with Gasteiger partial charge in [-0.1, -0.05) is 48.0 Å². The fraction of sp³-hybridized carbons (Fsp3) is 0. The minimum atomic E-state index is -0.276. The molecule has 3 nitrogen and oxygen atoms in total. The SMILES string of the molecule is O=C(/C=C/c1cccc(NC(=O)c2ccccc2Cl)c1)c1cccs1. The summed E-state index contributed by atoms with van der Waals surface area (Å²) in [5.41, 5.74) is 1.87. The van der Waals surface area contributed by atoms with Crippen molar-refractivity contribution in [2.75, 3.05) is 5.32 Å². The van der Waals surface area contributed by atoms with Gasteiger partial charge >= 0.3 is 0 Å². The molecule has 124 valence electrons. The van der Waals surface area contributed by atoms with Crippen LogP contribution in [-0.4, -0.2) is 11.7 Å². The van der Waals surface area contributed by atoms with Crippen molar-refractivity contribution < 1.29 is 9.59 Å². The third kappa shape index (κ3) is 4.44. The van der Waals surface area contributed by atoms with E-state index in [4.69, 9.17) is 11.6 Å². The number of rotatable bonds is 5. The standard InChI is InChI=1S/C20H14ClNO2S/c21-17-8-2-1-7-16(17)20(24)22-15-6-3-5-14(13-15)10-11-18(23)19-9-4-12-25-19/h1-13H,(H,22,24)/b11-10+. The number of hydrogen-bond acceptors (Lipinski definition) is 3. The van der Waals surface area contributed by atoms with Gasteiger partial charge in [0.15, 0.2) is 5.78 Å². The topological polar surface area (TPSA) is 46.2 Å². The fourth-order valence-electron chi connectivity index (χ4n) is 2.24. The van der Waals surface area contributed by atoms with Crippen molar-refractivity contribution in [3.8, 4) is 0 Å². The molecule has 0 atom stereocenters. The smallest absolute Gasteiger partial charge is 0.257 e. The van der Waals surface area contributed by atoms with Gasteiger partial charge < -0.3 is 5.32 Å².